The highest BCUT2D eigenvalue weighted by Gasteiger charge is 2.17. The molecule has 0 N–H and O–H groups in total. The Labute approximate surface area is 93.0 Å². The van der Waals surface area contributed by atoms with E-state index in [4.69, 9.17) is 16.3 Å². The Morgan fingerprint density at radius 3 is 2.67 bits per heavy atom. The van der Waals surface area contributed by atoms with Crippen molar-refractivity contribution < 1.29 is 14.3 Å². The van der Waals surface area contributed by atoms with Gasteiger partial charge in [0.25, 0.3) is 0 Å². The summed E-state index contributed by atoms with van der Waals surface area (Å²) in [6.07, 6.45) is 0.344. The van der Waals surface area contributed by atoms with Crippen LogP contribution in [-0.2, 0) is 4.74 Å². The number of esters is 1. The average Bonchev–Trinajstić information content (AvgIpc) is 2.15. The summed E-state index contributed by atoms with van der Waals surface area (Å²) in [5.74, 6) is -0.572. The quantitative estimate of drug-likeness (QED) is 0.588. The number of benzene rings is 1. The fourth-order valence-electron chi connectivity index (χ4n) is 1.13. The summed E-state index contributed by atoms with van der Waals surface area (Å²) >= 11 is 5.83. The van der Waals surface area contributed by atoms with E-state index >= 15 is 0 Å². The first-order chi connectivity index (χ1) is 7.06. The van der Waals surface area contributed by atoms with Crippen molar-refractivity contribution in [1.82, 2.24) is 0 Å². The van der Waals surface area contributed by atoms with Gasteiger partial charge in [-0.15, -0.1) is 0 Å². The van der Waals surface area contributed by atoms with Gasteiger partial charge in [0, 0.05) is 5.56 Å². The number of carbonyl (C=O) groups excluding carboxylic acids is 2. The van der Waals surface area contributed by atoms with E-state index in [0.717, 1.165) is 0 Å². The van der Waals surface area contributed by atoms with Gasteiger partial charge in [0.05, 0.1) is 16.7 Å². The summed E-state index contributed by atoms with van der Waals surface area (Å²) in [6, 6.07) is 4.68. The fraction of sp³-hybridized carbons (Fsp3) is 0.273. The van der Waals surface area contributed by atoms with Crippen molar-refractivity contribution in [2.24, 2.45) is 0 Å². The van der Waals surface area contributed by atoms with Crippen molar-refractivity contribution in [3.05, 3.63) is 34.3 Å². The number of hydrogen-bond acceptors (Lipinski definition) is 3. The molecule has 15 heavy (non-hydrogen) atoms. The number of halogens is 1. The molecular formula is C11H11ClO3. The van der Waals surface area contributed by atoms with E-state index < -0.39 is 5.97 Å². The summed E-state index contributed by atoms with van der Waals surface area (Å²) < 4.78 is 4.98. The molecule has 0 atom stereocenters. The highest BCUT2D eigenvalue weighted by atomic mass is 35.5. The first-order valence-electron chi connectivity index (χ1n) is 4.51. The zero-order valence-corrected chi connectivity index (χ0v) is 9.25. The Hall–Kier alpha value is -1.35. The molecule has 0 aliphatic rings. The number of ether oxygens (including phenoxy) is 1. The second kappa shape index (κ2) is 4.94. The largest absolute Gasteiger partial charge is 0.459 e. The summed E-state index contributed by atoms with van der Waals surface area (Å²) in [7, 11) is 0. The van der Waals surface area contributed by atoms with Crippen molar-refractivity contribution in [3.8, 4) is 0 Å². The third kappa shape index (κ3) is 2.80. The standard InChI is InChI=1S/C11H11ClO3/c1-7(2)15-11(14)10-8(6-13)4-3-5-9(10)12/h3-7H,1-2H3. The van der Waals surface area contributed by atoms with E-state index in [2.05, 4.69) is 0 Å². The van der Waals surface area contributed by atoms with Crippen LogP contribution in [0.25, 0.3) is 0 Å². The summed E-state index contributed by atoms with van der Waals surface area (Å²) in [5, 5.41) is 0.227. The highest BCUT2D eigenvalue weighted by Crippen LogP contribution is 2.20. The second-order valence-electron chi connectivity index (χ2n) is 3.28. The van der Waals surface area contributed by atoms with Crippen LogP contribution in [0.2, 0.25) is 5.02 Å². The summed E-state index contributed by atoms with van der Waals surface area (Å²) in [4.78, 5) is 22.3. The van der Waals surface area contributed by atoms with Gasteiger partial charge in [0.15, 0.2) is 6.29 Å². The highest BCUT2D eigenvalue weighted by molar-refractivity contribution is 6.34. The number of hydrogen-bond donors (Lipinski definition) is 0. The second-order valence-corrected chi connectivity index (χ2v) is 3.68. The number of carbonyl (C=O) groups is 2. The molecule has 0 aliphatic heterocycles. The molecule has 0 aromatic heterocycles. The van der Waals surface area contributed by atoms with Crippen LogP contribution >= 0.6 is 11.6 Å². The Morgan fingerprint density at radius 1 is 1.47 bits per heavy atom. The Kier molecular flexibility index (Phi) is 3.86. The first kappa shape index (κ1) is 11.7. The summed E-state index contributed by atoms with van der Waals surface area (Å²) in [5.41, 5.74) is 0.371. The molecule has 1 rings (SSSR count). The molecule has 4 heteroatoms. The molecule has 80 valence electrons. The minimum atomic E-state index is -0.572. The lowest BCUT2D eigenvalue weighted by atomic mass is 10.1. The van der Waals surface area contributed by atoms with E-state index in [1.165, 1.54) is 6.07 Å². The van der Waals surface area contributed by atoms with Gasteiger partial charge in [0.1, 0.15) is 0 Å². The third-order valence-corrected chi connectivity index (χ3v) is 2.03. The number of aldehydes is 1. The summed E-state index contributed by atoms with van der Waals surface area (Å²) in [6.45, 7) is 3.46. The molecule has 0 spiro atoms. The number of rotatable bonds is 3. The Morgan fingerprint density at radius 2 is 2.13 bits per heavy atom. The average molecular weight is 227 g/mol. The lowest BCUT2D eigenvalue weighted by molar-refractivity contribution is 0.0376. The molecule has 0 heterocycles. The molecule has 1 aromatic carbocycles. The molecular weight excluding hydrogens is 216 g/mol. The van der Waals surface area contributed by atoms with Crippen LogP contribution in [0.3, 0.4) is 0 Å². The lowest BCUT2D eigenvalue weighted by Gasteiger charge is -2.10. The van der Waals surface area contributed by atoms with Gasteiger partial charge in [-0.25, -0.2) is 4.79 Å². The normalized spacial score (nSPS) is 10.1. The topological polar surface area (TPSA) is 43.4 Å². The van der Waals surface area contributed by atoms with Gasteiger partial charge in [-0.2, -0.15) is 0 Å². The third-order valence-electron chi connectivity index (χ3n) is 1.72. The smallest absolute Gasteiger partial charge is 0.340 e. The van der Waals surface area contributed by atoms with E-state index in [1.807, 2.05) is 0 Å². The van der Waals surface area contributed by atoms with Crippen molar-refractivity contribution in [3.63, 3.8) is 0 Å². The predicted octanol–water partition coefficient (Wildman–Crippen LogP) is 2.72. The molecule has 0 unspecified atom stereocenters. The van der Waals surface area contributed by atoms with Crippen molar-refractivity contribution in [1.29, 1.82) is 0 Å². The van der Waals surface area contributed by atoms with Gasteiger partial charge < -0.3 is 4.74 Å². The molecule has 0 fully saturated rings. The predicted molar refractivity (Wildman–Crippen MR) is 57.4 cm³/mol. The SMILES string of the molecule is CC(C)OC(=O)c1c(Cl)cccc1C=O. The maximum Gasteiger partial charge on any atom is 0.340 e. The molecule has 0 radical (unpaired) electrons. The Bertz CT molecular complexity index is 385. The van der Waals surface area contributed by atoms with Crippen molar-refractivity contribution >= 4 is 23.9 Å². The van der Waals surface area contributed by atoms with E-state index in [1.54, 1.807) is 26.0 Å². The molecule has 0 amide bonds. The zero-order chi connectivity index (χ0) is 11.4. The monoisotopic (exact) mass is 226 g/mol. The zero-order valence-electron chi connectivity index (χ0n) is 8.49. The van der Waals surface area contributed by atoms with Gasteiger partial charge >= 0.3 is 5.97 Å². The van der Waals surface area contributed by atoms with Crippen LogP contribution in [0.5, 0.6) is 0 Å². The molecule has 0 saturated heterocycles. The lowest BCUT2D eigenvalue weighted by Crippen LogP contribution is -2.14. The van der Waals surface area contributed by atoms with Crippen molar-refractivity contribution in [2.45, 2.75) is 20.0 Å². The van der Waals surface area contributed by atoms with Crippen LogP contribution in [0.15, 0.2) is 18.2 Å². The fourth-order valence-corrected chi connectivity index (χ4v) is 1.39. The van der Waals surface area contributed by atoms with Crippen LogP contribution in [0, 0.1) is 0 Å². The Balaban J connectivity index is 3.11. The van der Waals surface area contributed by atoms with Gasteiger partial charge in [-0.1, -0.05) is 23.7 Å². The van der Waals surface area contributed by atoms with E-state index in [0.29, 0.717) is 6.29 Å². The van der Waals surface area contributed by atoms with Gasteiger partial charge in [-0.05, 0) is 19.9 Å². The maximum absolute atomic E-state index is 11.6. The molecule has 3 nitrogen and oxygen atoms in total. The minimum absolute atomic E-state index is 0.128. The van der Waals surface area contributed by atoms with Gasteiger partial charge in [0.2, 0.25) is 0 Å². The van der Waals surface area contributed by atoms with Crippen LogP contribution in [0.1, 0.15) is 34.6 Å². The van der Waals surface area contributed by atoms with Crippen molar-refractivity contribution in [2.75, 3.05) is 0 Å². The molecule has 0 aliphatic carbocycles. The van der Waals surface area contributed by atoms with E-state index in [9.17, 15) is 9.59 Å². The van der Waals surface area contributed by atoms with Gasteiger partial charge in [-0.3, -0.25) is 4.79 Å². The molecule has 0 bridgehead atoms. The minimum Gasteiger partial charge on any atom is -0.459 e. The van der Waals surface area contributed by atoms with Crippen LogP contribution in [0.4, 0.5) is 0 Å². The van der Waals surface area contributed by atoms with E-state index in [-0.39, 0.29) is 22.3 Å². The van der Waals surface area contributed by atoms with Crippen LogP contribution in [-0.4, -0.2) is 18.4 Å². The first-order valence-corrected chi connectivity index (χ1v) is 4.88. The molecule has 1 aromatic rings. The van der Waals surface area contributed by atoms with Crippen LogP contribution < -0.4 is 0 Å². The maximum atomic E-state index is 11.6. The molecule has 0 saturated carbocycles.